The van der Waals surface area contributed by atoms with Gasteiger partial charge in [0.2, 0.25) is 0 Å². The van der Waals surface area contributed by atoms with E-state index in [4.69, 9.17) is 9.47 Å². The van der Waals surface area contributed by atoms with E-state index in [2.05, 4.69) is 5.32 Å². The van der Waals surface area contributed by atoms with Crippen LogP contribution >= 0.6 is 0 Å². The molecule has 0 fully saturated rings. The number of carbonyl (C=O) groups excluding carboxylic acids is 1. The zero-order chi connectivity index (χ0) is 19.5. The zero-order valence-corrected chi connectivity index (χ0v) is 14.8. The Balaban J connectivity index is 2.40. The molecule has 0 atom stereocenters. The third-order valence-corrected chi connectivity index (χ3v) is 3.69. The Hall–Kier alpha value is -2.90. The normalized spacial score (nSPS) is 11.0. The molecule has 1 N–H and O–H groups in total. The van der Waals surface area contributed by atoms with Crippen LogP contribution in [-0.2, 0) is 6.18 Å². The molecule has 0 aliphatic rings. The standard InChI is InChI=1S/C18H19F3N2O3/c1-23(2)12-5-6-16(15(9-12)18(19,20)21)22-17(24)11-7-13(25-3)10-14(8-11)26-4/h5-10H,1-4H3,(H,22,24). The first kappa shape index (κ1) is 19.4. The molecule has 1 amide bonds. The van der Waals surface area contributed by atoms with E-state index in [1.165, 1.54) is 38.5 Å². The minimum absolute atomic E-state index is 0.117. The molecule has 2 aromatic carbocycles. The monoisotopic (exact) mass is 368 g/mol. The van der Waals surface area contributed by atoms with Gasteiger partial charge in [0.15, 0.2) is 0 Å². The molecular formula is C18H19F3N2O3. The van der Waals surface area contributed by atoms with Gasteiger partial charge in [0.25, 0.3) is 5.91 Å². The number of hydrogen-bond donors (Lipinski definition) is 1. The second-order valence-electron chi connectivity index (χ2n) is 5.68. The molecule has 26 heavy (non-hydrogen) atoms. The van der Waals surface area contributed by atoms with Gasteiger partial charge in [-0.15, -0.1) is 0 Å². The van der Waals surface area contributed by atoms with Gasteiger partial charge in [-0.2, -0.15) is 13.2 Å². The largest absolute Gasteiger partial charge is 0.497 e. The molecule has 2 aromatic rings. The fraction of sp³-hybridized carbons (Fsp3) is 0.278. The van der Waals surface area contributed by atoms with Crippen LogP contribution in [-0.4, -0.2) is 34.2 Å². The van der Waals surface area contributed by atoms with Crippen LogP contribution < -0.4 is 19.7 Å². The maximum Gasteiger partial charge on any atom is 0.418 e. The van der Waals surface area contributed by atoms with Crippen molar-refractivity contribution in [3.8, 4) is 11.5 Å². The van der Waals surface area contributed by atoms with E-state index in [-0.39, 0.29) is 11.3 Å². The summed E-state index contributed by atoms with van der Waals surface area (Å²) in [6.45, 7) is 0. The minimum atomic E-state index is -4.61. The molecule has 0 radical (unpaired) electrons. The predicted molar refractivity (Wildman–Crippen MR) is 93.3 cm³/mol. The molecule has 2 rings (SSSR count). The van der Waals surface area contributed by atoms with Crippen LogP contribution in [0.2, 0.25) is 0 Å². The molecule has 0 aliphatic heterocycles. The van der Waals surface area contributed by atoms with Crippen molar-refractivity contribution in [3.63, 3.8) is 0 Å². The Morgan fingerprint density at radius 1 is 1.00 bits per heavy atom. The molecule has 0 unspecified atom stereocenters. The summed E-state index contributed by atoms with van der Waals surface area (Å²) in [5.74, 6) is 0.00676. The summed E-state index contributed by atoms with van der Waals surface area (Å²) in [4.78, 5) is 14.0. The number of amides is 1. The molecule has 0 aromatic heterocycles. The second kappa shape index (κ2) is 7.55. The van der Waals surface area contributed by atoms with Gasteiger partial charge in [-0.1, -0.05) is 0 Å². The number of rotatable bonds is 5. The minimum Gasteiger partial charge on any atom is -0.497 e. The number of benzene rings is 2. The highest BCUT2D eigenvalue weighted by Crippen LogP contribution is 2.37. The molecular weight excluding hydrogens is 349 g/mol. The number of nitrogens with zero attached hydrogens (tertiary/aromatic N) is 1. The lowest BCUT2D eigenvalue weighted by atomic mass is 10.1. The van der Waals surface area contributed by atoms with E-state index in [1.807, 2.05) is 0 Å². The highest BCUT2D eigenvalue weighted by Gasteiger charge is 2.34. The Morgan fingerprint density at radius 2 is 1.58 bits per heavy atom. The fourth-order valence-electron chi connectivity index (χ4n) is 2.29. The number of ether oxygens (including phenoxy) is 2. The van der Waals surface area contributed by atoms with E-state index in [0.29, 0.717) is 17.2 Å². The van der Waals surface area contributed by atoms with Crippen LogP contribution in [0.4, 0.5) is 24.5 Å². The molecule has 5 nitrogen and oxygen atoms in total. The first-order valence-electron chi connectivity index (χ1n) is 7.58. The average molecular weight is 368 g/mol. The van der Waals surface area contributed by atoms with Crippen molar-refractivity contribution in [1.82, 2.24) is 0 Å². The predicted octanol–water partition coefficient (Wildman–Crippen LogP) is 4.04. The third kappa shape index (κ3) is 4.38. The Morgan fingerprint density at radius 3 is 2.04 bits per heavy atom. The van der Waals surface area contributed by atoms with Crippen LogP contribution in [0.3, 0.4) is 0 Å². The van der Waals surface area contributed by atoms with E-state index in [9.17, 15) is 18.0 Å². The quantitative estimate of drug-likeness (QED) is 0.865. The number of hydrogen-bond acceptors (Lipinski definition) is 4. The summed E-state index contributed by atoms with van der Waals surface area (Å²) in [5.41, 5.74) is -0.758. The lowest BCUT2D eigenvalue weighted by molar-refractivity contribution is -0.136. The van der Waals surface area contributed by atoms with Crippen molar-refractivity contribution in [3.05, 3.63) is 47.5 Å². The number of nitrogens with one attached hydrogen (secondary N) is 1. The molecule has 0 heterocycles. The summed E-state index contributed by atoms with van der Waals surface area (Å²) in [5, 5.41) is 2.31. The molecule has 140 valence electrons. The zero-order valence-electron chi connectivity index (χ0n) is 14.8. The van der Waals surface area contributed by atoms with Crippen molar-refractivity contribution in [1.29, 1.82) is 0 Å². The van der Waals surface area contributed by atoms with E-state index in [0.717, 1.165) is 6.07 Å². The SMILES string of the molecule is COc1cc(OC)cc(C(=O)Nc2ccc(N(C)C)cc2C(F)(F)F)c1. The number of anilines is 2. The third-order valence-electron chi connectivity index (χ3n) is 3.69. The lowest BCUT2D eigenvalue weighted by Crippen LogP contribution is -2.18. The van der Waals surface area contributed by atoms with Gasteiger partial charge in [-0.05, 0) is 30.3 Å². The van der Waals surface area contributed by atoms with Crippen LogP contribution in [0.1, 0.15) is 15.9 Å². The Labute approximate surface area is 149 Å². The summed E-state index contributed by atoms with van der Waals surface area (Å²) < 4.78 is 50.3. The topological polar surface area (TPSA) is 50.8 Å². The number of halogens is 3. The highest BCUT2D eigenvalue weighted by atomic mass is 19.4. The second-order valence-corrected chi connectivity index (χ2v) is 5.68. The van der Waals surface area contributed by atoms with E-state index >= 15 is 0 Å². The van der Waals surface area contributed by atoms with E-state index in [1.54, 1.807) is 25.1 Å². The van der Waals surface area contributed by atoms with Gasteiger partial charge in [0.05, 0.1) is 25.5 Å². The van der Waals surface area contributed by atoms with Crippen LogP contribution in [0, 0.1) is 0 Å². The van der Waals surface area contributed by atoms with Crippen LogP contribution in [0.15, 0.2) is 36.4 Å². The van der Waals surface area contributed by atoms with Gasteiger partial charge in [-0.25, -0.2) is 0 Å². The summed E-state index contributed by atoms with van der Waals surface area (Å²) >= 11 is 0. The summed E-state index contributed by atoms with van der Waals surface area (Å²) in [6.07, 6.45) is -4.61. The number of methoxy groups -OCH3 is 2. The van der Waals surface area contributed by atoms with Gasteiger partial charge in [0, 0.05) is 31.4 Å². The van der Waals surface area contributed by atoms with Crippen molar-refractivity contribution < 1.29 is 27.4 Å². The summed E-state index contributed by atoms with van der Waals surface area (Å²) in [7, 11) is 6.10. The fourth-order valence-corrected chi connectivity index (χ4v) is 2.29. The average Bonchev–Trinajstić information content (AvgIpc) is 2.60. The van der Waals surface area contributed by atoms with Crippen LogP contribution in [0.25, 0.3) is 0 Å². The molecule has 0 bridgehead atoms. The van der Waals surface area contributed by atoms with Gasteiger partial charge < -0.3 is 19.7 Å². The Bertz CT molecular complexity index is 783. The molecule has 0 spiro atoms. The first-order valence-corrected chi connectivity index (χ1v) is 7.58. The van der Waals surface area contributed by atoms with Gasteiger partial charge in [0.1, 0.15) is 11.5 Å². The molecule has 0 aliphatic carbocycles. The Kier molecular flexibility index (Phi) is 5.64. The lowest BCUT2D eigenvalue weighted by Gasteiger charge is -2.19. The smallest absolute Gasteiger partial charge is 0.418 e. The van der Waals surface area contributed by atoms with Crippen molar-refractivity contribution in [2.45, 2.75) is 6.18 Å². The van der Waals surface area contributed by atoms with Crippen molar-refractivity contribution >= 4 is 17.3 Å². The summed E-state index contributed by atoms with van der Waals surface area (Å²) in [6, 6.07) is 8.11. The van der Waals surface area contributed by atoms with Gasteiger partial charge >= 0.3 is 6.18 Å². The first-order chi connectivity index (χ1) is 12.2. The molecule has 0 saturated heterocycles. The maximum absolute atomic E-state index is 13.4. The molecule has 8 heteroatoms. The number of carbonyl (C=O) groups is 1. The highest BCUT2D eigenvalue weighted by molar-refractivity contribution is 6.05. The van der Waals surface area contributed by atoms with Crippen molar-refractivity contribution in [2.24, 2.45) is 0 Å². The van der Waals surface area contributed by atoms with Crippen LogP contribution in [0.5, 0.6) is 11.5 Å². The maximum atomic E-state index is 13.4. The van der Waals surface area contributed by atoms with Crippen molar-refractivity contribution in [2.75, 3.05) is 38.5 Å². The number of alkyl halides is 3. The molecule has 0 saturated carbocycles. The van der Waals surface area contributed by atoms with E-state index < -0.39 is 17.6 Å². The van der Waals surface area contributed by atoms with Gasteiger partial charge in [-0.3, -0.25) is 4.79 Å².